The Labute approximate surface area is 680 Å². The Kier molecular flexibility index (Phi) is 58.2. The number of hydrogen-bond donors (Lipinski definition) is 17. The molecule has 11 amide bonds. The van der Waals surface area contributed by atoms with Gasteiger partial charge in [0.1, 0.15) is 0 Å². The van der Waals surface area contributed by atoms with E-state index in [2.05, 4.69) is 58.5 Å². The summed E-state index contributed by atoms with van der Waals surface area (Å²) < 4.78 is 0. The number of rotatable bonds is 67. The van der Waals surface area contributed by atoms with Gasteiger partial charge in [0.25, 0.3) is 0 Å². The lowest BCUT2D eigenvalue weighted by Crippen LogP contribution is -2.48. The number of carboxylic acid groups (broad SMARTS) is 1. The van der Waals surface area contributed by atoms with Gasteiger partial charge < -0.3 is 92.3 Å². The Balaban J connectivity index is 6.36. The zero-order valence-electron chi connectivity index (χ0n) is 72.7. The minimum Gasteiger partial charge on any atom is -0.481 e. The van der Waals surface area contributed by atoms with Crippen LogP contribution in [0, 0.1) is 47.3 Å². The first-order chi connectivity index (χ1) is 53.1. The number of hydrogen-bond acceptors (Lipinski definition) is 17. The molecular weight excluding hydrogens is 1440 g/mol. The number of nitrogens with one attached hydrogen (secondary N) is 11. The molecule has 0 aromatic carbocycles. The van der Waals surface area contributed by atoms with Gasteiger partial charge in [0, 0.05) is 143 Å². The molecule has 0 aliphatic heterocycles. The Bertz CT molecular complexity index is 2730. The van der Waals surface area contributed by atoms with E-state index in [0.717, 1.165) is 12.8 Å². The van der Waals surface area contributed by atoms with E-state index >= 15 is 0 Å². The fraction of sp³-hybridized carbons (Fsp3) is 0.857. The summed E-state index contributed by atoms with van der Waals surface area (Å²) in [6.07, 6.45) is 10.4. The normalized spacial score (nSPS) is 14.9. The Morgan fingerprint density at radius 3 is 0.504 bits per heavy atom. The average molecular weight is 1600 g/mol. The van der Waals surface area contributed by atoms with Crippen LogP contribution in [0.1, 0.15) is 316 Å². The van der Waals surface area contributed by atoms with E-state index in [4.69, 9.17) is 28.7 Å². The average Bonchev–Trinajstić information content (AvgIpc) is 0.895. The van der Waals surface area contributed by atoms with Gasteiger partial charge >= 0.3 is 5.97 Å². The van der Waals surface area contributed by atoms with E-state index < -0.39 is 72.4 Å². The van der Waals surface area contributed by atoms with Gasteiger partial charge in [0.05, 0.1) is 6.42 Å². The largest absolute Gasteiger partial charge is 0.481 e. The van der Waals surface area contributed by atoms with Crippen LogP contribution in [-0.2, 0) is 57.5 Å². The molecule has 22 N–H and O–H groups in total. The Morgan fingerprint density at radius 1 is 0.212 bits per heavy atom. The zero-order chi connectivity index (χ0) is 85.7. The van der Waals surface area contributed by atoms with E-state index in [0.29, 0.717) is 148 Å². The lowest BCUT2D eigenvalue weighted by molar-refractivity contribution is -0.138. The van der Waals surface area contributed by atoms with Crippen molar-refractivity contribution in [3.05, 3.63) is 0 Å². The number of nitrogens with two attached hydrogens (primary N) is 5. The van der Waals surface area contributed by atoms with E-state index in [1.807, 2.05) is 111 Å². The molecule has 0 aliphatic carbocycles. The van der Waals surface area contributed by atoms with Crippen molar-refractivity contribution in [2.75, 3.05) is 26.2 Å². The minimum atomic E-state index is -1.02. The predicted molar refractivity (Wildman–Crippen MR) is 450 cm³/mol. The van der Waals surface area contributed by atoms with Crippen molar-refractivity contribution in [1.29, 1.82) is 0 Å². The molecule has 12 atom stereocenters. The first-order valence-corrected chi connectivity index (χ1v) is 43.1. The van der Waals surface area contributed by atoms with Crippen LogP contribution in [0.4, 0.5) is 0 Å². The second-order valence-corrected chi connectivity index (χ2v) is 35.7. The number of amides is 11. The summed E-state index contributed by atoms with van der Waals surface area (Å²) in [6, 6.07) is -6.55. The van der Waals surface area contributed by atoms with Crippen LogP contribution in [-0.4, -0.2) is 175 Å². The molecule has 0 aromatic rings. The van der Waals surface area contributed by atoms with Crippen molar-refractivity contribution in [1.82, 2.24) is 58.5 Å². The quantitative estimate of drug-likeness (QED) is 0.0266. The second-order valence-electron chi connectivity index (χ2n) is 35.7. The number of carbonyl (C=O) groups excluding carboxylic acids is 11. The molecule has 0 unspecified atom stereocenters. The Morgan fingerprint density at radius 2 is 0.354 bits per heavy atom. The van der Waals surface area contributed by atoms with E-state index in [1.165, 1.54) is 0 Å². The Hall–Kier alpha value is -6.56. The van der Waals surface area contributed by atoms with Crippen molar-refractivity contribution >= 4 is 70.9 Å². The summed E-state index contributed by atoms with van der Waals surface area (Å²) in [7, 11) is 0. The van der Waals surface area contributed by atoms with E-state index in [9.17, 15) is 62.6 Å². The van der Waals surface area contributed by atoms with Crippen LogP contribution in [0.5, 0.6) is 0 Å². The SMILES string of the molecule is CC(C)C[C@H](N)CC(=O)N[C@@H](CCCCN)CC(=O)N[C@H](CC(=O)N[C@H](CC(=O)N[C@@H](CCCCN)CC(=O)N[C@H](CC(=O)N[C@H](CC(=O)N[C@@H](CCCCN)CC(=O)N[C@H](CC(=O)N[C@H](CC(=O)N[C@@H](CCCCN)CC(=O)N[C@H](CC(=O)O)CC(C)C)CC(C)C)CC(C)C)CC(C)C)CC(C)C)CC(C)C)CC(C)C. The molecule has 113 heavy (non-hydrogen) atoms. The molecule has 29 heteroatoms. The third-order valence-electron chi connectivity index (χ3n) is 19.3. The van der Waals surface area contributed by atoms with Gasteiger partial charge in [-0.1, -0.05) is 136 Å². The summed E-state index contributed by atoms with van der Waals surface area (Å²) in [5.74, 6) is -3.83. The van der Waals surface area contributed by atoms with Crippen molar-refractivity contribution in [2.24, 2.45) is 76.0 Å². The molecule has 0 spiro atoms. The van der Waals surface area contributed by atoms with Crippen LogP contribution < -0.4 is 87.2 Å². The van der Waals surface area contributed by atoms with Crippen LogP contribution >= 0.6 is 0 Å². The highest BCUT2D eigenvalue weighted by molar-refractivity contribution is 5.86. The molecule has 0 fully saturated rings. The fourth-order valence-corrected chi connectivity index (χ4v) is 14.9. The smallest absolute Gasteiger partial charge is 0.305 e. The van der Waals surface area contributed by atoms with E-state index in [1.54, 1.807) is 0 Å². The van der Waals surface area contributed by atoms with Crippen molar-refractivity contribution in [3.63, 3.8) is 0 Å². The first-order valence-electron chi connectivity index (χ1n) is 43.1. The molecular formula is C84H162N16O13. The third kappa shape index (κ3) is 59.7. The summed E-state index contributed by atoms with van der Waals surface area (Å²) in [6.45, 7) is 33.6. The van der Waals surface area contributed by atoms with E-state index in [-0.39, 0.29) is 189 Å². The molecule has 0 aliphatic rings. The van der Waals surface area contributed by atoms with Gasteiger partial charge in [-0.25, -0.2) is 0 Å². The molecule has 0 radical (unpaired) electrons. The summed E-state index contributed by atoms with van der Waals surface area (Å²) in [4.78, 5) is 164. The van der Waals surface area contributed by atoms with Gasteiger partial charge in [-0.15, -0.1) is 0 Å². The van der Waals surface area contributed by atoms with Crippen molar-refractivity contribution < 1.29 is 62.6 Å². The molecule has 0 saturated carbocycles. The minimum absolute atomic E-state index is 0.0190. The first kappa shape index (κ1) is 106. The van der Waals surface area contributed by atoms with Crippen LogP contribution in [0.3, 0.4) is 0 Å². The molecule has 0 aromatic heterocycles. The fourth-order valence-electron chi connectivity index (χ4n) is 14.9. The summed E-state index contributed by atoms with van der Waals surface area (Å²) in [5.41, 5.74) is 29.6. The number of carboxylic acids is 1. The van der Waals surface area contributed by atoms with Gasteiger partial charge in [-0.05, 0) is 176 Å². The van der Waals surface area contributed by atoms with Gasteiger partial charge in [-0.3, -0.25) is 57.5 Å². The van der Waals surface area contributed by atoms with Crippen LogP contribution in [0.25, 0.3) is 0 Å². The monoisotopic (exact) mass is 1600 g/mol. The second kappa shape index (κ2) is 61.8. The summed E-state index contributed by atoms with van der Waals surface area (Å²) in [5, 5.41) is 42.9. The van der Waals surface area contributed by atoms with Crippen molar-refractivity contribution in [2.45, 2.75) is 389 Å². The number of carbonyl (C=O) groups is 12. The van der Waals surface area contributed by atoms with Crippen LogP contribution in [0.15, 0.2) is 0 Å². The molecule has 0 heterocycles. The highest BCUT2D eigenvalue weighted by atomic mass is 16.4. The third-order valence-corrected chi connectivity index (χ3v) is 19.3. The lowest BCUT2D eigenvalue weighted by Gasteiger charge is -2.27. The summed E-state index contributed by atoms with van der Waals surface area (Å²) >= 11 is 0. The van der Waals surface area contributed by atoms with Gasteiger partial charge in [0.15, 0.2) is 0 Å². The maximum Gasteiger partial charge on any atom is 0.305 e. The van der Waals surface area contributed by atoms with Crippen LogP contribution in [0.2, 0.25) is 0 Å². The maximum atomic E-state index is 14.2. The number of aliphatic carboxylic acids is 1. The number of unbranched alkanes of at least 4 members (excludes halogenated alkanes) is 4. The topological polar surface area (TPSA) is 487 Å². The lowest BCUT2D eigenvalue weighted by atomic mass is 9.97. The van der Waals surface area contributed by atoms with Gasteiger partial charge in [-0.2, -0.15) is 0 Å². The van der Waals surface area contributed by atoms with Crippen molar-refractivity contribution in [3.8, 4) is 0 Å². The highest BCUT2D eigenvalue weighted by Gasteiger charge is 2.31. The molecule has 0 bridgehead atoms. The highest BCUT2D eigenvalue weighted by Crippen LogP contribution is 2.20. The van der Waals surface area contributed by atoms with Gasteiger partial charge in [0.2, 0.25) is 65.0 Å². The molecule has 29 nitrogen and oxygen atoms in total. The molecule has 0 rings (SSSR count). The zero-order valence-corrected chi connectivity index (χ0v) is 72.7. The molecule has 0 saturated heterocycles. The standard InChI is InChI=1S/C84H162N16O13/c1-53(2)33-61(89)41-73(101)90-62(25-17-21-29-85)42-74(102)94-69(37-57(9)10)49-81(109)97-66(34-54(3)4)46-78(106)91-63(26-18-22-30-86)43-75(103)95-70(38-58(11)12)50-82(110)98-67(35-55(5)6)47-79(107)92-64(27-19-23-31-87)44-76(104)96-71(39-59(13)14)51-83(111)99-68(36-56(7)8)48-80(108)93-65(28-20-24-32-88)45-77(105)100-72(40-60(15)16)52-84(112)113/h53-72H,17-52,85-89H2,1-16H3,(H,90,101)(H,91,106)(H,92,107)(H,93,108)(H,94,102)(H,95,103)(H,96,104)(H,97,109)(H,98,110)(H,99,111)(H,100,105)(H,112,113)/t61-,62-,63-,64-,65-,66-,67-,68-,69-,70-,71-,72-/m0/s1. The molecule has 656 valence electrons. The predicted octanol–water partition coefficient (Wildman–Crippen LogP) is 7.30. The maximum absolute atomic E-state index is 14.2.